The van der Waals surface area contributed by atoms with Gasteiger partial charge in [0.2, 0.25) is 0 Å². The second-order valence-electron chi connectivity index (χ2n) is 5.97. The van der Waals surface area contributed by atoms with E-state index in [1.807, 2.05) is 23.8 Å². The molecule has 2 aromatic heterocycles. The van der Waals surface area contributed by atoms with Crippen molar-refractivity contribution in [1.29, 1.82) is 0 Å². The second kappa shape index (κ2) is 4.74. The van der Waals surface area contributed by atoms with E-state index in [1.165, 1.54) is 32.2 Å². The summed E-state index contributed by atoms with van der Waals surface area (Å²) in [6.45, 7) is 4.31. The van der Waals surface area contributed by atoms with Crippen LogP contribution in [-0.2, 0) is 0 Å². The van der Waals surface area contributed by atoms with Crippen molar-refractivity contribution in [2.75, 3.05) is 18.0 Å². The molecule has 4 heterocycles. The minimum absolute atomic E-state index is 0.589. The van der Waals surface area contributed by atoms with Crippen LogP contribution < -0.4 is 10.2 Å². The van der Waals surface area contributed by atoms with Crippen LogP contribution in [0.2, 0.25) is 0 Å². The number of fused-ring (bicyclic) bond motifs is 1. The third-order valence-corrected chi connectivity index (χ3v) is 4.63. The van der Waals surface area contributed by atoms with Crippen molar-refractivity contribution in [3.8, 4) is 0 Å². The number of hydrogen-bond donors (Lipinski definition) is 1. The molecular weight excluding hydrogens is 250 g/mol. The highest BCUT2D eigenvalue weighted by Gasteiger charge is 2.34. The Morgan fingerprint density at radius 1 is 1.30 bits per heavy atom. The molecule has 0 bridgehead atoms. The fourth-order valence-corrected chi connectivity index (χ4v) is 3.77. The molecule has 2 saturated heterocycles. The maximum atomic E-state index is 4.66. The molecule has 5 heteroatoms. The minimum Gasteiger partial charge on any atom is -0.350 e. The van der Waals surface area contributed by atoms with Crippen LogP contribution in [0.3, 0.4) is 0 Å². The highest BCUT2D eigenvalue weighted by atomic mass is 15.3. The molecule has 0 amide bonds. The van der Waals surface area contributed by atoms with Crippen LogP contribution in [0.5, 0.6) is 0 Å². The van der Waals surface area contributed by atoms with E-state index < -0.39 is 0 Å². The monoisotopic (exact) mass is 271 g/mol. The van der Waals surface area contributed by atoms with E-state index in [1.54, 1.807) is 0 Å². The summed E-state index contributed by atoms with van der Waals surface area (Å²) in [5.41, 5.74) is 2.18. The Morgan fingerprint density at radius 3 is 3.10 bits per heavy atom. The first kappa shape index (κ1) is 12.1. The topological polar surface area (TPSA) is 45.5 Å². The van der Waals surface area contributed by atoms with Gasteiger partial charge < -0.3 is 10.2 Å². The molecule has 2 aliphatic rings. The quantitative estimate of drug-likeness (QED) is 0.904. The van der Waals surface area contributed by atoms with E-state index in [2.05, 4.69) is 26.4 Å². The number of rotatable bonds is 2. The molecule has 0 spiro atoms. The fraction of sp³-hybridized carbons (Fsp3) is 0.600. The van der Waals surface area contributed by atoms with Gasteiger partial charge in [-0.3, -0.25) is 0 Å². The zero-order valence-corrected chi connectivity index (χ0v) is 11.9. The molecule has 4 rings (SSSR count). The zero-order valence-electron chi connectivity index (χ0n) is 11.9. The Balaban J connectivity index is 1.73. The average molecular weight is 271 g/mol. The number of aromatic nitrogens is 3. The van der Waals surface area contributed by atoms with Gasteiger partial charge in [-0.15, -0.1) is 0 Å². The van der Waals surface area contributed by atoms with Gasteiger partial charge in [-0.2, -0.15) is 5.10 Å². The van der Waals surface area contributed by atoms with Crippen molar-refractivity contribution in [2.45, 2.75) is 44.7 Å². The van der Waals surface area contributed by atoms with E-state index in [4.69, 9.17) is 0 Å². The van der Waals surface area contributed by atoms with Gasteiger partial charge in [0.15, 0.2) is 5.82 Å². The van der Waals surface area contributed by atoms with Gasteiger partial charge in [-0.1, -0.05) is 0 Å². The molecule has 2 aliphatic heterocycles. The van der Waals surface area contributed by atoms with Gasteiger partial charge in [0, 0.05) is 31.0 Å². The van der Waals surface area contributed by atoms with Crippen LogP contribution >= 0.6 is 0 Å². The average Bonchev–Trinajstić information content (AvgIpc) is 3.16. The highest BCUT2D eigenvalue weighted by molar-refractivity contribution is 5.70. The Bertz CT molecular complexity index is 614. The summed E-state index contributed by atoms with van der Waals surface area (Å²) >= 11 is 0. The third-order valence-electron chi connectivity index (χ3n) is 4.63. The number of anilines is 1. The summed E-state index contributed by atoms with van der Waals surface area (Å²) in [7, 11) is 0. The predicted octanol–water partition coefficient (Wildman–Crippen LogP) is 1.76. The molecular formula is C15H21N5. The Kier molecular flexibility index (Phi) is 2.88. The maximum Gasteiger partial charge on any atom is 0.154 e. The second-order valence-corrected chi connectivity index (χ2v) is 5.97. The van der Waals surface area contributed by atoms with Crippen molar-refractivity contribution in [3.05, 3.63) is 24.2 Å². The van der Waals surface area contributed by atoms with E-state index in [0.717, 1.165) is 23.6 Å². The lowest BCUT2D eigenvalue weighted by Gasteiger charge is -2.30. The van der Waals surface area contributed by atoms with Crippen molar-refractivity contribution in [2.24, 2.45) is 0 Å². The molecule has 2 atom stereocenters. The highest BCUT2D eigenvalue weighted by Crippen LogP contribution is 2.31. The third kappa shape index (κ3) is 1.88. The number of nitrogens with zero attached hydrogens (tertiary/aromatic N) is 4. The summed E-state index contributed by atoms with van der Waals surface area (Å²) in [5, 5.41) is 8.16. The lowest BCUT2D eigenvalue weighted by atomic mass is 10.0. The van der Waals surface area contributed by atoms with Gasteiger partial charge >= 0.3 is 0 Å². The molecule has 0 saturated carbocycles. The fourth-order valence-electron chi connectivity index (χ4n) is 3.77. The van der Waals surface area contributed by atoms with E-state index in [9.17, 15) is 0 Å². The molecule has 106 valence electrons. The summed E-state index contributed by atoms with van der Waals surface area (Å²) in [6, 6.07) is 3.36. The van der Waals surface area contributed by atoms with Crippen LogP contribution in [0.1, 0.15) is 31.4 Å². The summed E-state index contributed by atoms with van der Waals surface area (Å²) < 4.78 is 1.95. The van der Waals surface area contributed by atoms with Crippen LogP contribution in [-0.4, -0.2) is 39.8 Å². The molecule has 0 aliphatic carbocycles. The molecule has 5 nitrogen and oxygen atoms in total. The molecule has 2 unspecified atom stereocenters. The molecule has 1 N–H and O–H groups in total. The Hall–Kier alpha value is -1.62. The number of aryl methyl sites for hydroxylation is 1. The van der Waals surface area contributed by atoms with Crippen LogP contribution in [0, 0.1) is 6.92 Å². The summed E-state index contributed by atoms with van der Waals surface area (Å²) in [5.74, 6) is 1.10. The predicted molar refractivity (Wildman–Crippen MR) is 79.1 cm³/mol. The van der Waals surface area contributed by atoms with Gasteiger partial charge in [-0.05, 0) is 45.2 Å². The number of nitrogens with one attached hydrogen (secondary N) is 1. The standard InChI is InChI=1S/C15H21N5/c1-11-10-14-15(17-7-9-20(14)18-11)19-8-3-5-13(19)12-4-2-6-16-12/h7,9-10,12-13,16H,2-6,8H2,1H3. The van der Waals surface area contributed by atoms with Crippen LogP contribution in [0.25, 0.3) is 5.52 Å². The van der Waals surface area contributed by atoms with Gasteiger partial charge in [0.05, 0.1) is 5.69 Å². The first-order valence-electron chi connectivity index (χ1n) is 7.64. The van der Waals surface area contributed by atoms with Gasteiger partial charge in [0.25, 0.3) is 0 Å². The lowest BCUT2D eigenvalue weighted by molar-refractivity contribution is 0.481. The molecule has 0 aromatic carbocycles. The molecule has 2 fully saturated rings. The van der Waals surface area contributed by atoms with E-state index in [0.29, 0.717) is 12.1 Å². The molecule has 0 radical (unpaired) electrons. The maximum absolute atomic E-state index is 4.66. The van der Waals surface area contributed by atoms with E-state index >= 15 is 0 Å². The Labute approximate surface area is 119 Å². The van der Waals surface area contributed by atoms with Crippen LogP contribution in [0.15, 0.2) is 18.5 Å². The first-order chi connectivity index (χ1) is 9.83. The SMILES string of the molecule is Cc1cc2c(N3CCCC3C3CCCN3)nccn2n1. The van der Waals surface area contributed by atoms with E-state index in [-0.39, 0.29) is 0 Å². The normalized spacial score (nSPS) is 26.8. The van der Waals surface area contributed by atoms with Crippen molar-refractivity contribution in [3.63, 3.8) is 0 Å². The van der Waals surface area contributed by atoms with Crippen molar-refractivity contribution in [1.82, 2.24) is 19.9 Å². The summed E-state index contributed by atoms with van der Waals surface area (Å²) in [4.78, 5) is 7.16. The Morgan fingerprint density at radius 2 is 2.25 bits per heavy atom. The van der Waals surface area contributed by atoms with Crippen LogP contribution in [0.4, 0.5) is 5.82 Å². The minimum atomic E-state index is 0.589. The van der Waals surface area contributed by atoms with Crippen molar-refractivity contribution < 1.29 is 0 Å². The molecule has 2 aromatic rings. The van der Waals surface area contributed by atoms with Crippen molar-refractivity contribution >= 4 is 11.3 Å². The molecule has 20 heavy (non-hydrogen) atoms. The van der Waals surface area contributed by atoms with Gasteiger partial charge in [-0.25, -0.2) is 9.50 Å². The summed E-state index contributed by atoms with van der Waals surface area (Å²) in [6.07, 6.45) is 8.93. The first-order valence-corrected chi connectivity index (χ1v) is 7.64. The largest absolute Gasteiger partial charge is 0.350 e. The zero-order chi connectivity index (χ0) is 13.5. The number of hydrogen-bond acceptors (Lipinski definition) is 4. The van der Waals surface area contributed by atoms with Gasteiger partial charge in [0.1, 0.15) is 5.52 Å². The lowest BCUT2D eigenvalue weighted by Crippen LogP contribution is -2.44. The smallest absolute Gasteiger partial charge is 0.154 e.